The summed E-state index contributed by atoms with van der Waals surface area (Å²) in [5, 5.41) is 3.00. The Kier molecular flexibility index (Phi) is 4.97. The topological polar surface area (TPSA) is 29.1 Å². The van der Waals surface area contributed by atoms with Gasteiger partial charge in [-0.05, 0) is 42.0 Å². The van der Waals surface area contributed by atoms with E-state index in [0.29, 0.717) is 18.0 Å². The summed E-state index contributed by atoms with van der Waals surface area (Å²) in [6.07, 6.45) is 0. The molecule has 3 heteroatoms. The summed E-state index contributed by atoms with van der Waals surface area (Å²) in [5.74, 6) is 0.435. The fraction of sp³-hybridized carbons (Fsp3) is 0.533. The molecule has 18 heavy (non-hydrogen) atoms. The molecular formula is C15H22BrNO. The van der Waals surface area contributed by atoms with E-state index in [2.05, 4.69) is 48.9 Å². The molecule has 2 nitrogen and oxygen atoms in total. The molecule has 1 amide bonds. The van der Waals surface area contributed by atoms with Crippen molar-refractivity contribution in [3.05, 3.63) is 33.8 Å². The Hall–Kier alpha value is -0.830. The first-order valence-corrected chi connectivity index (χ1v) is 7.05. The summed E-state index contributed by atoms with van der Waals surface area (Å²) in [4.78, 5) is 12.0. The molecule has 0 fully saturated rings. The third-order valence-electron chi connectivity index (χ3n) is 3.35. The number of aryl methyl sites for hydroxylation is 1. The van der Waals surface area contributed by atoms with E-state index < -0.39 is 0 Å². The third-order valence-corrected chi connectivity index (χ3v) is 3.81. The molecule has 0 aliphatic heterocycles. The Bertz CT molecular complexity index is 414. The highest BCUT2D eigenvalue weighted by atomic mass is 79.9. The lowest BCUT2D eigenvalue weighted by Crippen LogP contribution is -2.33. The summed E-state index contributed by atoms with van der Waals surface area (Å²) in [6.45, 7) is 11.4. The van der Waals surface area contributed by atoms with Gasteiger partial charge in [0.2, 0.25) is 0 Å². The number of nitrogens with one attached hydrogen (secondary N) is 1. The van der Waals surface area contributed by atoms with E-state index in [9.17, 15) is 4.79 Å². The van der Waals surface area contributed by atoms with Crippen LogP contribution in [-0.2, 0) is 0 Å². The number of carbonyl (C=O) groups is 1. The predicted octanol–water partition coefficient (Wildman–Crippen LogP) is 4.17. The van der Waals surface area contributed by atoms with Crippen molar-refractivity contribution >= 4 is 21.8 Å². The number of rotatable bonds is 3. The second kappa shape index (κ2) is 5.87. The van der Waals surface area contributed by atoms with Gasteiger partial charge in [-0.2, -0.15) is 0 Å². The minimum absolute atomic E-state index is 0.00417. The quantitative estimate of drug-likeness (QED) is 0.892. The van der Waals surface area contributed by atoms with Gasteiger partial charge in [-0.1, -0.05) is 43.6 Å². The molecule has 0 radical (unpaired) electrons. The fourth-order valence-corrected chi connectivity index (χ4v) is 2.13. The lowest BCUT2D eigenvalue weighted by Gasteiger charge is -2.27. The summed E-state index contributed by atoms with van der Waals surface area (Å²) < 4.78 is 0.941. The average Bonchev–Trinajstić information content (AvgIpc) is 2.22. The number of hydrogen-bond acceptors (Lipinski definition) is 1. The van der Waals surface area contributed by atoms with Crippen molar-refractivity contribution in [2.75, 3.05) is 6.54 Å². The van der Waals surface area contributed by atoms with Crippen molar-refractivity contribution in [3.63, 3.8) is 0 Å². The lowest BCUT2D eigenvalue weighted by molar-refractivity contribution is 0.0937. The number of amides is 1. The molecule has 0 bridgehead atoms. The largest absolute Gasteiger partial charge is 0.352 e. The monoisotopic (exact) mass is 311 g/mol. The first kappa shape index (κ1) is 15.2. The van der Waals surface area contributed by atoms with Gasteiger partial charge in [-0.3, -0.25) is 4.79 Å². The standard InChI is InChI=1S/C15H22BrNO/c1-10-6-12(8-13(16)7-10)14(18)17-9-11(2)15(3,4)5/h6-8,11H,9H2,1-5H3,(H,17,18). The van der Waals surface area contributed by atoms with E-state index in [4.69, 9.17) is 0 Å². The molecule has 0 aliphatic carbocycles. The zero-order valence-corrected chi connectivity index (χ0v) is 13.4. The fourth-order valence-electron chi connectivity index (χ4n) is 1.52. The van der Waals surface area contributed by atoms with Crippen molar-refractivity contribution in [3.8, 4) is 0 Å². The SMILES string of the molecule is Cc1cc(Br)cc(C(=O)NCC(C)C(C)(C)C)c1. The van der Waals surface area contributed by atoms with Gasteiger partial charge in [0.15, 0.2) is 0 Å². The van der Waals surface area contributed by atoms with Gasteiger partial charge in [-0.25, -0.2) is 0 Å². The van der Waals surface area contributed by atoms with Crippen LogP contribution in [0.5, 0.6) is 0 Å². The van der Waals surface area contributed by atoms with E-state index in [-0.39, 0.29) is 11.3 Å². The zero-order chi connectivity index (χ0) is 13.9. The van der Waals surface area contributed by atoms with Gasteiger partial charge in [0.1, 0.15) is 0 Å². The van der Waals surface area contributed by atoms with E-state index in [1.165, 1.54) is 0 Å². The summed E-state index contributed by atoms with van der Waals surface area (Å²) in [7, 11) is 0. The van der Waals surface area contributed by atoms with E-state index in [1.807, 2.05) is 25.1 Å². The van der Waals surface area contributed by atoms with Crippen molar-refractivity contribution in [1.82, 2.24) is 5.32 Å². The minimum Gasteiger partial charge on any atom is -0.352 e. The number of carbonyl (C=O) groups excluding carboxylic acids is 1. The molecule has 0 saturated heterocycles. The van der Waals surface area contributed by atoms with Crippen LogP contribution < -0.4 is 5.32 Å². The van der Waals surface area contributed by atoms with Crippen LogP contribution in [0.25, 0.3) is 0 Å². The van der Waals surface area contributed by atoms with Crippen LogP contribution in [0.15, 0.2) is 22.7 Å². The van der Waals surface area contributed by atoms with Gasteiger partial charge >= 0.3 is 0 Å². The summed E-state index contributed by atoms with van der Waals surface area (Å²) in [6, 6.07) is 5.75. The Balaban J connectivity index is 2.66. The Labute approximate surface area is 118 Å². The molecule has 100 valence electrons. The van der Waals surface area contributed by atoms with Gasteiger partial charge in [0.25, 0.3) is 5.91 Å². The van der Waals surface area contributed by atoms with Crippen molar-refractivity contribution < 1.29 is 4.79 Å². The zero-order valence-electron chi connectivity index (χ0n) is 11.8. The van der Waals surface area contributed by atoms with Crippen LogP contribution in [0, 0.1) is 18.3 Å². The number of halogens is 1. The van der Waals surface area contributed by atoms with Crippen LogP contribution in [0.1, 0.15) is 43.6 Å². The average molecular weight is 312 g/mol. The molecule has 1 aromatic rings. The van der Waals surface area contributed by atoms with E-state index in [1.54, 1.807) is 0 Å². The maximum Gasteiger partial charge on any atom is 0.251 e. The molecule has 1 rings (SSSR count). The Morgan fingerprint density at radius 1 is 1.33 bits per heavy atom. The number of benzene rings is 1. The van der Waals surface area contributed by atoms with Gasteiger partial charge < -0.3 is 5.32 Å². The molecule has 1 aromatic carbocycles. The molecule has 1 atom stereocenters. The van der Waals surface area contributed by atoms with Crippen LogP contribution in [0.4, 0.5) is 0 Å². The highest BCUT2D eigenvalue weighted by molar-refractivity contribution is 9.10. The minimum atomic E-state index is -0.00417. The molecule has 0 aromatic heterocycles. The second-order valence-corrected chi connectivity index (χ2v) is 6.91. The number of hydrogen-bond donors (Lipinski definition) is 1. The molecular weight excluding hydrogens is 290 g/mol. The van der Waals surface area contributed by atoms with E-state index in [0.717, 1.165) is 10.0 Å². The Morgan fingerprint density at radius 3 is 2.44 bits per heavy atom. The predicted molar refractivity (Wildman–Crippen MR) is 79.8 cm³/mol. The maximum atomic E-state index is 12.0. The van der Waals surface area contributed by atoms with Crippen molar-refractivity contribution in [1.29, 1.82) is 0 Å². The molecule has 0 heterocycles. The second-order valence-electron chi connectivity index (χ2n) is 5.99. The molecule has 0 spiro atoms. The van der Waals surface area contributed by atoms with Crippen LogP contribution in [-0.4, -0.2) is 12.5 Å². The van der Waals surface area contributed by atoms with Crippen LogP contribution in [0.3, 0.4) is 0 Å². The first-order valence-electron chi connectivity index (χ1n) is 6.25. The third kappa shape index (κ3) is 4.45. The normalized spacial score (nSPS) is 13.2. The van der Waals surface area contributed by atoms with Gasteiger partial charge in [0, 0.05) is 16.6 Å². The summed E-state index contributed by atoms with van der Waals surface area (Å²) in [5.41, 5.74) is 2.00. The first-order chi connectivity index (χ1) is 8.20. The smallest absolute Gasteiger partial charge is 0.251 e. The van der Waals surface area contributed by atoms with Crippen molar-refractivity contribution in [2.24, 2.45) is 11.3 Å². The lowest BCUT2D eigenvalue weighted by atomic mass is 9.82. The van der Waals surface area contributed by atoms with Crippen LogP contribution >= 0.6 is 15.9 Å². The van der Waals surface area contributed by atoms with E-state index >= 15 is 0 Å². The van der Waals surface area contributed by atoms with Crippen molar-refractivity contribution in [2.45, 2.75) is 34.6 Å². The van der Waals surface area contributed by atoms with Gasteiger partial charge in [0.05, 0.1) is 0 Å². The van der Waals surface area contributed by atoms with Crippen LogP contribution in [0.2, 0.25) is 0 Å². The van der Waals surface area contributed by atoms with Gasteiger partial charge in [-0.15, -0.1) is 0 Å². The highest BCUT2D eigenvalue weighted by Crippen LogP contribution is 2.24. The summed E-state index contributed by atoms with van der Waals surface area (Å²) >= 11 is 3.41. The molecule has 0 saturated carbocycles. The maximum absolute atomic E-state index is 12.0. The highest BCUT2D eigenvalue weighted by Gasteiger charge is 2.20. The molecule has 1 unspecified atom stereocenters. The Morgan fingerprint density at radius 2 is 1.94 bits per heavy atom. The molecule has 1 N–H and O–H groups in total. The molecule has 0 aliphatic rings.